The van der Waals surface area contributed by atoms with E-state index in [0.717, 1.165) is 27.7 Å². The quantitative estimate of drug-likeness (QED) is 0.443. The first-order chi connectivity index (χ1) is 16.8. The van der Waals surface area contributed by atoms with Gasteiger partial charge in [-0.3, -0.25) is 9.10 Å². The van der Waals surface area contributed by atoms with E-state index in [0.29, 0.717) is 29.1 Å². The summed E-state index contributed by atoms with van der Waals surface area (Å²) >= 11 is 0. The fourth-order valence-corrected chi connectivity index (χ4v) is 5.50. The number of anilines is 2. The van der Waals surface area contributed by atoms with Crippen LogP contribution >= 0.6 is 0 Å². The van der Waals surface area contributed by atoms with Crippen LogP contribution in [-0.4, -0.2) is 38.4 Å². The summed E-state index contributed by atoms with van der Waals surface area (Å²) < 4.78 is 31.0. The van der Waals surface area contributed by atoms with Crippen LogP contribution in [0.4, 0.5) is 11.4 Å². The number of aryl methyl sites for hydroxylation is 2. The zero-order valence-corrected chi connectivity index (χ0v) is 20.3. The number of hydrogen-bond donors (Lipinski definition) is 1. The average molecular weight is 488 g/mol. The Balaban J connectivity index is 1.40. The summed E-state index contributed by atoms with van der Waals surface area (Å²) in [4.78, 5) is 17.9. The first kappa shape index (κ1) is 23.0. The lowest BCUT2D eigenvalue weighted by atomic mass is 10.0. The third-order valence-electron chi connectivity index (χ3n) is 6.12. The van der Waals surface area contributed by atoms with Crippen LogP contribution in [0.25, 0.3) is 22.2 Å². The van der Waals surface area contributed by atoms with Crippen LogP contribution in [0.3, 0.4) is 0 Å². The molecule has 1 fully saturated rings. The van der Waals surface area contributed by atoms with Crippen LogP contribution in [0.2, 0.25) is 0 Å². The van der Waals surface area contributed by atoms with E-state index in [4.69, 9.17) is 9.72 Å². The highest BCUT2D eigenvalue weighted by Gasteiger charge is 2.27. The molecule has 0 bridgehead atoms. The van der Waals surface area contributed by atoms with E-state index in [-0.39, 0.29) is 18.4 Å². The maximum absolute atomic E-state index is 13.1. The highest BCUT2D eigenvalue weighted by atomic mass is 32.2. The average Bonchev–Trinajstić information content (AvgIpc) is 2.84. The number of nitrogens with zero attached hydrogens (tertiary/aromatic N) is 2. The predicted molar refractivity (Wildman–Crippen MR) is 138 cm³/mol. The third-order valence-corrected chi connectivity index (χ3v) is 7.65. The van der Waals surface area contributed by atoms with Gasteiger partial charge < -0.3 is 10.1 Å². The molecule has 1 aromatic heterocycles. The lowest BCUT2D eigenvalue weighted by Gasteiger charge is -2.28. The molecule has 0 unspecified atom stereocenters. The van der Waals surface area contributed by atoms with E-state index < -0.39 is 10.0 Å². The molecule has 1 aliphatic rings. The fourth-order valence-electron chi connectivity index (χ4n) is 4.25. The van der Waals surface area contributed by atoms with Gasteiger partial charge in [0.15, 0.2) is 5.94 Å². The SMILES string of the molecule is Cc1cc(N2CCOCS2(=O)=O)ccc1C(=O)Nc1ccc(C)c(-c2ccc3ccccc3n2)c1. The summed E-state index contributed by atoms with van der Waals surface area (Å²) in [5.74, 6) is -0.601. The molecule has 2 heterocycles. The molecule has 8 heteroatoms. The molecule has 7 nitrogen and oxygen atoms in total. The number of ether oxygens (including phenoxy) is 1. The summed E-state index contributed by atoms with van der Waals surface area (Å²) in [6, 6.07) is 22.8. The van der Waals surface area contributed by atoms with Gasteiger partial charge >= 0.3 is 0 Å². The first-order valence-electron chi connectivity index (χ1n) is 11.3. The highest BCUT2D eigenvalue weighted by Crippen LogP contribution is 2.28. The summed E-state index contributed by atoms with van der Waals surface area (Å²) in [6.45, 7) is 4.40. The third kappa shape index (κ3) is 4.62. The van der Waals surface area contributed by atoms with Gasteiger partial charge in [-0.1, -0.05) is 30.3 Å². The molecule has 1 saturated heterocycles. The van der Waals surface area contributed by atoms with Crippen molar-refractivity contribution in [1.82, 2.24) is 4.98 Å². The maximum atomic E-state index is 13.1. The topological polar surface area (TPSA) is 88.6 Å². The number of pyridine rings is 1. The van der Waals surface area contributed by atoms with Crippen LogP contribution in [0.15, 0.2) is 72.8 Å². The Morgan fingerprint density at radius 2 is 1.80 bits per heavy atom. The first-order valence-corrected chi connectivity index (χ1v) is 12.9. The van der Waals surface area contributed by atoms with Gasteiger partial charge in [0.25, 0.3) is 15.9 Å². The van der Waals surface area contributed by atoms with Gasteiger partial charge in [0.1, 0.15) is 0 Å². The van der Waals surface area contributed by atoms with E-state index >= 15 is 0 Å². The molecule has 0 radical (unpaired) electrons. The number of fused-ring (bicyclic) bond motifs is 1. The highest BCUT2D eigenvalue weighted by molar-refractivity contribution is 7.92. The second kappa shape index (κ2) is 9.13. The Kier molecular flexibility index (Phi) is 6.00. The largest absolute Gasteiger partial charge is 0.362 e. The smallest absolute Gasteiger partial charge is 0.259 e. The Bertz CT molecular complexity index is 1550. The Morgan fingerprint density at radius 3 is 2.60 bits per heavy atom. The zero-order valence-electron chi connectivity index (χ0n) is 19.5. The number of amides is 1. The molecule has 5 rings (SSSR count). The minimum absolute atomic E-state index is 0.252. The van der Waals surface area contributed by atoms with Crippen LogP contribution in [0, 0.1) is 13.8 Å². The van der Waals surface area contributed by atoms with Gasteiger partial charge in [-0.2, -0.15) is 0 Å². The maximum Gasteiger partial charge on any atom is 0.259 e. The number of rotatable bonds is 4. The zero-order chi connectivity index (χ0) is 24.6. The Hall–Kier alpha value is -3.75. The van der Waals surface area contributed by atoms with E-state index in [2.05, 4.69) is 5.32 Å². The molecule has 4 aromatic rings. The van der Waals surface area contributed by atoms with Gasteiger partial charge in [0, 0.05) is 22.2 Å². The fraction of sp³-hybridized carbons (Fsp3) is 0.185. The van der Waals surface area contributed by atoms with Gasteiger partial charge in [0.05, 0.1) is 30.0 Å². The van der Waals surface area contributed by atoms with Crippen LogP contribution in [0.5, 0.6) is 0 Å². The molecule has 0 saturated carbocycles. The summed E-state index contributed by atoms with van der Waals surface area (Å²) in [5.41, 5.74) is 6.10. The second-order valence-corrected chi connectivity index (χ2v) is 10.4. The van der Waals surface area contributed by atoms with Crippen LogP contribution in [-0.2, 0) is 14.8 Å². The van der Waals surface area contributed by atoms with Crippen molar-refractivity contribution in [2.45, 2.75) is 13.8 Å². The summed E-state index contributed by atoms with van der Waals surface area (Å²) in [5, 5.41) is 4.04. The van der Waals surface area contributed by atoms with Gasteiger partial charge in [0.2, 0.25) is 0 Å². The number of sulfonamides is 1. The lowest BCUT2D eigenvalue weighted by Crippen LogP contribution is -2.41. The lowest BCUT2D eigenvalue weighted by molar-refractivity contribution is 0.102. The van der Waals surface area contributed by atoms with Crippen molar-refractivity contribution in [1.29, 1.82) is 0 Å². The molecule has 178 valence electrons. The molecular weight excluding hydrogens is 462 g/mol. The molecule has 1 aliphatic heterocycles. The van der Waals surface area contributed by atoms with E-state index in [1.165, 1.54) is 4.31 Å². The van der Waals surface area contributed by atoms with Crippen molar-refractivity contribution < 1.29 is 17.9 Å². The monoisotopic (exact) mass is 487 g/mol. The number of aromatic nitrogens is 1. The number of hydrogen-bond acceptors (Lipinski definition) is 5. The van der Waals surface area contributed by atoms with Crippen molar-refractivity contribution in [3.63, 3.8) is 0 Å². The van der Waals surface area contributed by atoms with E-state index in [1.54, 1.807) is 25.1 Å². The molecule has 3 aromatic carbocycles. The van der Waals surface area contributed by atoms with Crippen molar-refractivity contribution in [2.75, 3.05) is 28.7 Å². The van der Waals surface area contributed by atoms with Crippen molar-refractivity contribution in [3.05, 3.63) is 89.5 Å². The van der Waals surface area contributed by atoms with Gasteiger partial charge in [-0.05, 0) is 67.4 Å². The molecule has 1 amide bonds. The van der Waals surface area contributed by atoms with Crippen LogP contribution < -0.4 is 9.62 Å². The summed E-state index contributed by atoms with van der Waals surface area (Å²) in [6.07, 6.45) is 0. The van der Waals surface area contributed by atoms with Gasteiger partial charge in [-0.15, -0.1) is 0 Å². The van der Waals surface area contributed by atoms with Crippen molar-refractivity contribution in [3.8, 4) is 11.3 Å². The predicted octanol–water partition coefficient (Wildman–Crippen LogP) is 4.89. The van der Waals surface area contributed by atoms with E-state index in [9.17, 15) is 13.2 Å². The Morgan fingerprint density at radius 1 is 0.971 bits per heavy atom. The normalized spacial score (nSPS) is 15.2. The minimum atomic E-state index is -3.52. The van der Waals surface area contributed by atoms with E-state index in [1.807, 2.05) is 61.5 Å². The molecule has 0 spiro atoms. The number of benzene rings is 3. The number of carbonyl (C=O) groups excluding carboxylic acids is 1. The summed E-state index contributed by atoms with van der Waals surface area (Å²) in [7, 11) is -3.52. The molecule has 1 N–H and O–H groups in total. The standard InChI is InChI=1S/C27H25N3O4S/c1-18-7-9-21(16-24(18)26-12-8-20-5-3-4-6-25(20)29-26)28-27(31)23-11-10-22(15-19(23)2)30-13-14-34-17-35(30,32)33/h3-12,15-16H,13-14,17H2,1-2H3,(H,28,31). The molecule has 35 heavy (non-hydrogen) atoms. The molecule has 0 atom stereocenters. The Labute approximate surface area is 204 Å². The number of para-hydroxylation sites is 1. The van der Waals surface area contributed by atoms with Crippen LogP contribution in [0.1, 0.15) is 21.5 Å². The molecule has 0 aliphatic carbocycles. The minimum Gasteiger partial charge on any atom is -0.362 e. The van der Waals surface area contributed by atoms with Crippen molar-refractivity contribution in [2.24, 2.45) is 0 Å². The second-order valence-electron chi connectivity index (χ2n) is 8.58. The number of nitrogens with one attached hydrogen (secondary N) is 1. The number of carbonyl (C=O) groups is 1. The van der Waals surface area contributed by atoms with Crippen molar-refractivity contribution >= 4 is 38.2 Å². The van der Waals surface area contributed by atoms with Gasteiger partial charge in [-0.25, -0.2) is 13.4 Å². The molecular formula is C27H25N3O4S.